The van der Waals surface area contributed by atoms with E-state index < -0.39 is 0 Å². The van der Waals surface area contributed by atoms with E-state index in [0.29, 0.717) is 47.7 Å². The molecule has 1 aliphatic carbocycles. The summed E-state index contributed by atoms with van der Waals surface area (Å²) in [6.45, 7) is 1.50. The summed E-state index contributed by atoms with van der Waals surface area (Å²) in [4.78, 5) is 19.2. The van der Waals surface area contributed by atoms with Crippen LogP contribution in [0.1, 0.15) is 53.8 Å². The topological polar surface area (TPSA) is 108 Å². The van der Waals surface area contributed by atoms with Gasteiger partial charge in [0, 0.05) is 24.6 Å². The molecule has 154 valence electrons. The number of ether oxygens (including phenoxy) is 2. The fourth-order valence-corrected chi connectivity index (χ4v) is 3.95. The third kappa shape index (κ3) is 3.08. The minimum atomic E-state index is 0.00416. The lowest BCUT2D eigenvalue weighted by Gasteiger charge is -2.31. The average Bonchev–Trinajstić information content (AvgIpc) is 3.19. The van der Waals surface area contributed by atoms with Gasteiger partial charge in [-0.2, -0.15) is 4.98 Å². The Morgan fingerprint density at radius 2 is 1.90 bits per heavy atom. The third-order valence-corrected chi connectivity index (χ3v) is 5.86. The number of hydrogen-bond donors (Lipinski definition) is 0. The van der Waals surface area contributed by atoms with Gasteiger partial charge in [-0.15, -0.1) is 5.10 Å². The van der Waals surface area contributed by atoms with Gasteiger partial charge < -0.3 is 18.9 Å². The summed E-state index contributed by atoms with van der Waals surface area (Å²) in [5.74, 6) is 2.91. The second-order valence-electron chi connectivity index (χ2n) is 7.91. The van der Waals surface area contributed by atoms with Crippen molar-refractivity contribution in [2.24, 2.45) is 0 Å². The second-order valence-corrected chi connectivity index (χ2v) is 7.91. The molecule has 3 aliphatic rings. The molecular weight excluding hydrogens is 388 g/mol. The van der Waals surface area contributed by atoms with Gasteiger partial charge >= 0.3 is 0 Å². The Balaban J connectivity index is 1.10. The van der Waals surface area contributed by atoms with Crippen LogP contribution in [0.2, 0.25) is 0 Å². The molecule has 1 saturated heterocycles. The molecule has 2 aromatic heterocycles. The average molecular weight is 408 g/mol. The van der Waals surface area contributed by atoms with Gasteiger partial charge in [-0.25, -0.2) is 4.68 Å². The molecule has 6 rings (SSSR count). The van der Waals surface area contributed by atoms with E-state index in [4.69, 9.17) is 14.0 Å². The summed E-state index contributed by atoms with van der Waals surface area (Å²) >= 11 is 0. The molecule has 3 aromatic rings. The van der Waals surface area contributed by atoms with E-state index in [1.54, 1.807) is 18.2 Å². The summed E-state index contributed by atoms with van der Waals surface area (Å²) in [7, 11) is 0. The first-order valence-electron chi connectivity index (χ1n) is 10.2. The lowest BCUT2D eigenvalue weighted by molar-refractivity contribution is 0.0689. The van der Waals surface area contributed by atoms with Gasteiger partial charge in [0.1, 0.15) is 0 Å². The Labute approximate surface area is 171 Å². The minimum absolute atomic E-state index is 0.00416. The van der Waals surface area contributed by atoms with Crippen LogP contribution in [0.4, 0.5) is 0 Å². The molecule has 0 atom stereocenters. The van der Waals surface area contributed by atoms with Crippen LogP contribution in [0.15, 0.2) is 28.9 Å². The summed E-state index contributed by atoms with van der Waals surface area (Å²) < 4.78 is 17.9. The molecule has 2 aliphatic heterocycles. The molecule has 1 amide bonds. The Morgan fingerprint density at radius 3 is 2.73 bits per heavy atom. The van der Waals surface area contributed by atoms with Crippen molar-refractivity contribution >= 4 is 5.91 Å². The number of amides is 1. The van der Waals surface area contributed by atoms with E-state index in [0.717, 1.165) is 31.5 Å². The van der Waals surface area contributed by atoms with Crippen LogP contribution >= 0.6 is 0 Å². The monoisotopic (exact) mass is 408 g/mol. The van der Waals surface area contributed by atoms with E-state index in [1.165, 1.54) is 0 Å². The van der Waals surface area contributed by atoms with Crippen LogP contribution < -0.4 is 9.47 Å². The van der Waals surface area contributed by atoms with Crippen LogP contribution in [-0.2, 0) is 0 Å². The van der Waals surface area contributed by atoms with Crippen molar-refractivity contribution in [1.29, 1.82) is 0 Å². The van der Waals surface area contributed by atoms with Gasteiger partial charge in [-0.05, 0) is 43.9 Å². The molecule has 0 radical (unpaired) electrons. The number of fused-ring (bicyclic) bond motifs is 1. The van der Waals surface area contributed by atoms with Crippen LogP contribution in [0, 0.1) is 0 Å². The molecule has 10 heteroatoms. The first-order chi connectivity index (χ1) is 14.7. The normalized spacial score (nSPS) is 18.7. The first kappa shape index (κ1) is 17.4. The number of carbonyl (C=O) groups excluding carboxylic acids is 1. The maximum atomic E-state index is 12.9. The molecule has 30 heavy (non-hydrogen) atoms. The molecule has 1 aromatic carbocycles. The molecule has 0 unspecified atom stereocenters. The van der Waals surface area contributed by atoms with Crippen molar-refractivity contribution in [1.82, 2.24) is 30.0 Å². The summed E-state index contributed by atoms with van der Waals surface area (Å²) in [6.07, 6.45) is 5.70. The summed E-state index contributed by atoms with van der Waals surface area (Å²) in [5.41, 5.74) is 1.21. The molecule has 0 N–H and O–H groups in total. The molecule has 4 heterocycles. The van der Waals surface area contributed by atoms with Crippen molar-refractivity contribution in [3.8, 4) is 23.1 Å². The van der Waals surface area contributed by atoms with Crippen LogP contribution in [0.25, 0.3) is 11.6 Å². The van der Waals surface area contributed by atoms with Crippen LogP contribution in [0.3, 0.4) is 0 Å². The summed E-state index contributed by atoms with van der Waals surface area (Å²) in [5, 5.41) is 12.5. The highest BCUT2D eigenvalue weighted by molar-refractivity contribution is 5.95. The highest BCUT2D eigenvalue weighted by atomic mass is 16.7. The zero-order valence-corrected chi connectivity index (χ0v) is 16.2. The molecule has 2 fully saturated rings. The van der Waals surface area contributed by atoms with Crippen molar-refractivity contribution in [3.05, 3.63) is 35.8 Å². The predicted molar refractivity (Wildman–Crippen MR) is 102 cm³/mol. The van der Waals surface area contributed by atoms with Crippen molar-refractivity contribution in [2.45, 2.75) is 37.6 Å². The maximum absolute atomic E-state index is 12.9. The highest BCUT2D eigenvalue weighted by Gasteiger charge is 2.30. The van der Waals surface area contributed by atoms with Gasteiger partial charge in [0.25, 0.3) is 11.8 Å². The highest BCUT2D eigenvalue weighted by Crippen LogP contribution is 2.39. The zero-order valence-electron chi connectivity index (χ0n) is 16.2. The number of likely N-dealkylation sites (tertiary alicyclic amines) is 1. The van der Waals surface area contributed by atoms with Crippen LogP contribution in [-0.4, -0.2) is 55.8 Å². The Morgan fingerprint density at radius 1 is 1.07 bits per heavy atom. The number of aromatic nitrogens is 5. The quantitative estimate of drug-likeness (QED) is 0.648. The standard InChI is InChI=1S/C20H20N6O4/c27-20(13-3-4-16-17(9-13)29-11-28-16)25-7-5-14(6-8-25)26-10-15(22-24-26)19-21-18(23-30-19)12-1-2-12/h3-4,9-10,12,14H,1-2,5-8,11H2. The molecule has 0 spiro atoms. The Hall–Kier alpha value is -3.43. The Bertz CT molecular complexity index is 1100. The van der Waals surface area contributed by atoms with Crippen molar-refractivity contribution in [3.63, 3.8) is 0 Å². The van der Waals surface area contributed by atoms with Crippen molar-refractivity contribution in [2.75, 3.05) is 19.9 Å². The van der Waals surface area contributed by atoms with E-state index in [1.807, 2.05) is 15.8 Å². The summed E-state index contributed by atoms with van der Waals surface area (Å²) in [6, 6.07) is 5.50. The SMILES string of the molecule is O=C(c1ccc2c(c1)OCO2)N1CCC(n2cc(-c3nc(C4CC4)no3)nn2)CC1. The maximum Gasteiger partial charge on any atom is 0.280 e. The molecule has 1 saturated carbocycles. The molecule has 0 bridgehead atoms. The van der Waals surface area contributed by atoms with E-state index in [9.17, 15) is 4.79 Å². The lowest BCUT2D eigenvalue weighted by atomic mass is 10.0. The van der Waals surface area contributed by atoms with E-state index >= 15 is 0 Å². The van der Waals surface area contributed by atoms with Gasteiger partial charge in [0.2, 0.25) is 6.79 Å². The second kappa shape index (κ2) is 6.82. The number of hydrogen-bond acceptors (Lipinski definition) is 8. The fourth-order valence-electron chi connectivity index (χ4n) is 3.95. The zero-order chi connectivity index (χ0) is 20.1. The molecule has 10 nitrogen and oxygen atoms in total. The fraction of sp³-hybridized carbons (Fsp3) is 0.450. The number of benzene rings is 1. The largest absolute Gasteiger partial charge is 0.454 e. The van der Waals surface area contributed by atoms with Gasteiger partial charge in [-0.3, -0.25) is 4.79 Å². The molecular formula is C20H20N6O4. The van der Waals surface area contributed by atoms with Crippen LogP contribution in [0.5, 0.6) is 11.5 Å². The smallest absolute Gasteiger partial charge is 0.280 e. The predicted octanol–water partition coefficient (Wildman–Crippen LogP) is 2.41. The van der Waals surface area contributed by atoms with E-state index in [2.05, 4.69) is 20.5 Å². The number of nitrogens with zero attached hydrogens (tertiary/aromatic N) is 6. The van der Waals surface area contributed by atoms with Gasteiger partial charge in [-0.1, -0.05) is 10.4 Å². The van der Waals surface area contributed by atoms with Gasteiger partial charge in [0.05, 0.1) is 12.2 Å². The van der Waals surface area contributed by atoms with Crippen molar-refractivity contribution < 1.29 is 18.8 Å². The third-order valence-electron chi connectivity index (χ3n) is 5.86. The van der Waals surface area contributed by atoms with E-state index in [-0.39, 0.29) is 18.7 Å². The number of rotatable bonds is 4. The number of piperidine rings is 1. The number of carbonyl (C=O) groups is 1. The van der Waals surface area contributed by atoms with Gasteiger partial charge in [0.15, 0.2) is 23.0 Å². The first-order valence-corrected chi connectivity index (χ1v) is 10.2. The minimum Gasteiger partial charge on any atom is -0.454 e. The lowest BCUT2D eigenvalue weighted by Crippen LogP contribution is -2.39. The Kier molecular flexibility index (Phi) is 3.96.